The molecule has 0 bridgehead atoms. The maximum atomic E-state index is 12.5. The molecule has 5 rings (SSSR count). The summed E-state index contributed by atoms with van der Waals surface area (Å²) in [6, 6.07) is 10.4. The Balaban J connectivity index is 1.79. The van der Waals surface area contributed by atoms with Crippen molar-refractivity contribution in [1.82, 2.24) is 24.5 Å². The van der Waals surface area contributed by atoms with Gasteiger partial charge in [-0.3, -0.25) is 0 Å². The number of aromatic hydroxyl groups is 1. The Bertz CT molecular complexity index is 1610. The van der Waals surface area contributed by atoms with Gasteiger partial charge in [0.15, 0.2) is 0 Å². The van der Waals surface area contributed by atoms with Gasteiger partial charge in [0, 0.05) is 0 Å². The van der Waals surface area contributed by atoms with Crippen LogP contribution in [-0.2, 0) is 0 Å². The van der Waals surface area contributed by atoms with Crippen LogP contribution in [0.3, 0.4) is 0 Å². The molecule has 1 fully saturated rings. The minimum atomic E-state index is -1.58. The van der Waals surface area contributed by atoms with Crippen molar-refractivity contribution in [2.24, 2.45) is 0 Å². The first-order valence-electron chi connectivity index (χ1n) is 10.6. The molecule has 1 aliphatic rings. The number of hydrogen-bond acceptors (Lipinski definition) is 6. The van der Waals surface area contributed by atoms with E-state index in [9.17, 15) is 20.0 Å². The number of benzene rings is 2. The summed E-state index contributed by atoms with van der Waals surface area (Å²) in [6.45, 7) is 4.09. The Labute approximate surface area is 206 Å². The molecule has 0 unspecified atom stereocenters. The van der Waals surface area contributed by atoms with Gasteiger partial charge in [0.2, 0.25) is 0 Å². The second kappa shape index (κ2) is 8.56. The SMILES string of the molecule is CC(C)c1nn(-c2c(Cl)cc(-n3nc(C#N)c(=O)[nH]c3=O)cc2I2CCC2)c2ccc(O)cc12. The first kappa shape index (κ1) is 22.6. The zero-order valence-electron chi connectivity index (χ0n) is 18.3. The Morgan fingerprint density at radius 2 is 1.94 bits per heavy atom. The predicted molar refractivity (Wildman–Crippen MR) is 138 cm³/mol. The van der Waals surface area contributed by atoms with Gasteiger partial charge in [0.25, 0.3) is 0 Å². The number of halogens is 2. The first-order valence-corrected chi connectivity index (χ1v) is 15.1. The van der Waals surface area contributed by atoms with Crippen molar-refractivity contribution in [3.8, 4) is 23.2 Å². The average molecular weight is 591 g/mol. The fraction of sp³-hybridized carbons (Fsp3) is 0.261. The topological polar surface area (TPSA) is 130 Å². The van der Waals surface area contributed by atoms with Crippen LogP contribution in [0.15, 0.2) is 39.9 Å². The molecule has 0 aliphatic carbocycles. The minimum absolute atomic E-state index is 0.128. The van der Waals surface area contributed by atoms with Crippen LogP contribution < -0.4 is 11.2 Å². The molecule has 0 atom stereocenters. The molecule has 0 saturated carbocycles. The normalized spacial score (nSPS) is 14.4. The zero-order valence-corrected chi connectivity index (χ0v) is 21.3. The fourth-order valence-corrected chi connectivity index (χ4v) is 9.07. The second-order valence-corrected chi connectivity index (χ2v) is 14.6. The van der Waals surface area contributed by atoms with Crippen molar-refractivity contribution < 1.29 is 5.11 Å². The summed E-state index contributed by atoms with van der Waals surface area (Å²) in [4.78, 5) is 26.4. The molecule has 0 amide bonds. The van der Waals surface area contributed by atoms with E-state index in [2.05, 4.69) is 10.1 Å². The quantitative estimate of drug-likeness (QED) is 0.276. The van der Waals surface area contributed by atoms with Gasteiger partial charge < -0.3 is 0 Å². The van der Waals surface area contributed by atoms with E-state index in [1.165, 1.54) is 0 Å². The Morgan fingerprint density at radius 3 is 2.59 bits per heavy atom. The molecule has 2 N–H and O–H groups in total. The standard InChI is InChI=1S/C23H20ClIN6O3/c1-12(2)20-15-10-14(32)4-5-19(15)31(29-20)21-16(24)8-13(9-17(21)25-6-3-7-25)30-23(34)27-22(33)18(11-26)28-30/h4-5,8-10,12,32H,3,6-7H2,1-2H3,(H,27,33,34). The molecule has 0 spiro atoms. The molecule has 34 heavy (non-hydrogen) atoms. The monoisotopic (exact) mass is 590 g/mol. The number of fused-ring (bicyclic) bond motifs is 1. The Hall–Kier alpha value is -3.17. The van der Waals surface area contributed by atoms with E-state index in [1.54, 1.807) is 24.3 Å². The van der Waals surface area contributed by atoms with Gasteiger partial charge in [0.1, 0.15) is 0 Å². The molecule has 2 aromatic carbocycles. The third-order valence-electron chi connectivity index (χ3n) is 5.64. The number of nitriles is 1. The number of phenolic OH excluding ortho intramolecular Hbond substituents is 1. The summed E-state index contributed by atoms with van der Waals surface area (Å²) in [7, 11) is 0. The predicted octanol–water partition coefficient (Wildman–Crippen LogP) is 3.69. The van der Waals surface area contributed by atoms with Crippen LogP contribution in [0.2, 0.25) is 5.02 Å². The number of hydrogen-bond donors (Lipinski definition) is 2. The molecule has 1 saturated heterocycles. The summed E-state index contributed by atoms with van der Waals surface area (Å²) in [5, 5.41) is 29.3. The van der Waals surface area contributed by atoms with Crippen LogP contribution in [0.4, 0.5) is 0 Å². The summed E-state index contributed by atoms with van der Waals surface area (Å²) < 4.78 is 6.14. The van der Waals surface area contributed by atoms with E-state index in [1.807, 2.05) is 30.7 Å². The van der Waals surface area contributed by atoms with Crippen molar-refractivity contribution in [1.29, 1.82) is 5.26 Å². The fourth-order valence-electron chi connectivity index (χ4n) is 3.93. The van der Waals surface area contributed by atoms with Crippen molar-refractivity contribution in [2.45, 2.75) is 26.2 Å². The van der Waals surface area contributed by atoms with Crippen LogP contribution >= 0.6 is 31.4 Å². The summed E-state index contributed by atoms with van der Waals surface area (Å²) >= 11 is 5.28. The van der Waals surface area contributed by atoms with Gasteiger partial charge in [-0.15, -0.1) is 0 Å². The number of alkyl halides is 2. The molecule has 2 aromatic heterocycles. The van der Waals surface area contributed by atoms with Crippen molar-refractivity contribution in [2.75, 3.05) is 8.86 Å². The van der Waals surface area contributed by atoms with E-state index < -0.39 is 36.8 Å². The number of nitrogens with zero attached hydrogens (tertiary/aromatic N) is 5. The van der Waals surface area contributed by atoms with E-state index in [-0.39, 0.29) is 11.7 Å². The summed E-state index contributed by atoms with van der Waals surface area (Å²) in [5.74, 6) is 0.296. The molecular weight excluding hydrogens is 571 g/mol. The number of H-pyrrole nitrogens is 1. The van der Waals surface area contributed by atoms with Gasteiger partial charge in [-0.2, -0.15) is 0 Å². The molecule has 0 radical (unpaired) electrons. The van der Waals surface area contributed by atoms with Crippen LogP contribution in [-0.4, -0.2) is 38.5 Å². The van der Waals surface area contributed by atoms with Gasteiger partial charge in [-0.25, -0.2) is 0 Å². The molecule has 4 aromatic rings. The number of phenols is 1. The number of aromatic nitrogens is 5. The summed E-state index contributed by atoms with van der Waals surface area (Å²) in [5.41, 5.74) is 0.890. The Morgan fingerprint density at radius 1 is 1.18 bits per heavy atom. The van der Waals surface area contributed by atoms with E-state index >= 15 is 0 Å². The average Bonchev–Trinajstić information content (AvgIpc) is 3.11. The molecule has 11 heteroatoms. The van der Waals surface area contributed by atoms with Crippen molar-refractivity contribution >= 4 is 42.3 Å². The Kier molecular flexibility index (Phi) is 5.69. The number of rotatable bonds is 4. The van der Waals surface area contributed by atoms with E-state index in [0.717, 1.165) is 45.8 Å². The van der Waals surface area contributed by atoms with Crippen molar-refractivity contribution in [3.63, 3.8) is 0 Å². The molecule has 1 aliphatic heterocycles. The second-order valence-electron chi connectivity index (χ2n) is 8.23. The molecule has 9 nitrogen and oxygen atoms in total. The number of nitrogens with one attached hydrogen (secondary N) is 1. The van der Waals surface area contributed by atoms with Gasteiger partial charge in [0.05, 0.1) is 0 Å². The molecule has 174 valence electrons. The number of aromatic amines is 1. The van der Waals surface area contributed by atoms with E-state index in [0.29, 0.717) is 10.7 Å². The van der Waals surface area contributed by atoms with Crippen LogP contribution in [0.1, 0.15) is 37.6 Å². The maximum absolute atomic E-state index is 12.5. The molecule has 3 heterocycles. The van der Waals surface area contributed by atoms with Gasteiger partial charge >= 0.3 is 207 Å². The van der Waals surface area contributed by atoms with E-state index in [4.69, 9.17) is 16.7 Å². The van der Waals surface area contributed by atoms with Crippen molar-refractivity contribution in [3.05, 3.63) is 71.2 Å². The third kappa shape index (κ3) is 3.69. The van der Waals surface area contributed by atoms with Crippen LogP contribution in [0.5, 0.6) is 5.75 Å². The van der Waals surface area contributed by atoms with Crippen LogP contribution in [0, 0.1) is 14.9 Å². The third-order valence-corrected chi connectivity index (χ3v) is 12.5. The first-order chi connectivity index (χ1) is 16.3. The zero-order chi connectivity index (χ0) is 24.1. The van der Waals surface area contributed by atoms with Crippen LogP contribution in [0.25, 0.3) is 22.3 Å². The van der Waals surface area contributed by atoms with Gasteiger partial charge in [-0.05, 0) is 0 Å². The summed E-state index contributed by atoms with van der Waals surface area (Å²) in [6.07, 6.45) is 1.15. The molecular formula is C23H20ClIN6O3. The van der Waals surface area contributed by atoms with Gasteiger partial charge in [-0.1, -0.05) is 0 Å².